The molecule has 1 fully saturated rings. The summed E-state index contributed by atoms with van der Waals surface area (Å²) in [7, 11) is 3.78. The van der Waals surface area contributed by atoms with Gasteiger partial charge in [0.25, 0.3) is 0 Å². The third-order valence-corrected chi connectivity index (χ3v) is 3.74. The van der Waals surface area contributed by atoms with E-state index in [1.165, 1.54) is 25.7 Å². The Morgan fingerprint density at radius 2 is 2.11 bits per heavy atom. The Morgan fingerprint density at radius 3 is 2.74 bits per heavy atom. The van der Waals surface area contributed by atoms with Gasteiger partial charge in [-0.3, -0.25) is 0 Å². The fourth-order valence-electron chi connectivity index (χ4n) is 2.64. The summed E-state index contributed by atoms with van der Waals surface area (Å²) in [4.78, 5) is 10.9. The van der Waals surface area contributed by atoms with E-state index in [-0.39, 0.29) is 0 Å². The molecule has 0 amide bonds. The minimum absolute atomic E-state index is 0.572. The summed E-state index contributed by atoms with van der Waals surface area (Å²) >= 11 is 0. The van der Waals surface area contributed by atoms with Gasteiger partial charge in [-0.15, -0.1) is 0 Å². The van der Waals surface area contributed by atoms with E-state index in [9.17, 15) is 0 Å². The summed E-state index contributed by atoms with van der Waals surface area (Å²) < 4.78 is 5.53. The van der Waals surface area contributed by atoms with Gasteiger partial charge in [0, 0.05) is 19.6 Å². The summed E-state index contributed by atoms with van der Waals surface area (Å²) in [6, 6.07) is 0.572. The molecule has 0 bridgehead atoms. The Balaban J connectivity index is 2.22. The van der Waals surface area contributed by atoms with E-state index >= 15 is 0 Å². The van der Waals surface area contributed by atoms with Crippen molar-refractivity contribution in [3.63, 3.8) is 0 Å². The number of anilines is 2. The van der Waals surface area contributed by atoms with Gasteiger partial charge >= 0.3 is 0 Å². The van der Waals surface area contributed by atoms with Crippen LogP contribution < -0.4 is 15.0 Å². The van der Waals surface area contributed by atoms with E-state index in [2.05, 4.69) is 34.2 Å². The fraction of sp³-hybridized carbons (Fsp3) is 0.714. The lowest BCUT2D eigenvalue weighted by molar-refractivity contribution is 0.411. The molecule has 1 aromatic heterocycles. The zero-order valence-corrected chi connectivity index (χ0v) is 12.1. The highest BCUT2D eigenvalue weighted by Gasteiger charge is 2.24. The predicted molar refractivity (Wildman–Crippen MR) is 78.0 cm³/mol. The van der Waals surface area contributed by atoms with E-state index in [4.69, 9.17) is 4.74 Å². The minimum Gasteiger partial charge on any atom is -0.490 e. The molecular weight excluding hydrogens is 240 g/mol. The van der Waals surface area contributed by atoms with Crippen molar-refractivity contribution in [2.45, 2.75) is 45.1 Å². The molecule has 106 valence electrons. The third kappa shape index (κ3) is 3.08. The zero-order chi connectivity index (χ0) is 13.7. The van der Waals surface area contributed by atoms with Crippen LogP contribution in [-0.4, -0.2) is 36.7 Å². The molecular formula is C14H24N4O. The number of nitrogens with zero attached hydrogens (tertiary/aromatic N) is 3. The van der Waals surface area contributed by atoms with E-state index < -0.39 is 0 Å². The molecule has 0 unspecified atom stereocenters. The van der Waals surface area contributed by atoms with Gasteiger partial charge in [-0.25, -0.2) is 9.97 Å². The van der Waals surface area contributed by atoms with Crippen LogP contribution in [0.15, 0.2) is 6.33 Å². The molecule has 5 heteroatoms. The molecule has 0 radical (unpaired) electrons. The highest BCUT2D eigenvalue weighted by atomic mass is 16.5. The van der Waals surface area contributed by atoms with Crippen molar-refractivity contribution in [3.05, 3.63) is 6.33 Å². The molecule has 0 saturated heterocycles. The summed E-state index contributed by atoms with van der Waals surface area (Å²) in [5, 5.41) is 3.30. The summed E-state index contributed by atoms with van der Waals surface area (Å²) in [5.41, 5.74) is 0. The molecule has 0 aromatic carbocycles. The maximum Gasteiger partial charge on any atom is 0.204 e. The molecule has 19 heavy (non-hydrogen) atoms. The molecule has 0 atom stereocenters. The van der Waals surface area contributed by atoms with Crippen molar-refractivity contribution in [1.29, 1.82) is 0 Å². The largest absolute Gasteiger partial charge is 0.490 e. The smallest absolute Gasteiger partial charge is 0.204 e. The van der Waals surface area contributed by atoms with Crippen LogP contribution >= 0.6 is 0 Å². The Hall–Kier alpha value is -1.52. The third-order valence-electron chi connectivity index (χ3n) is 3.74. The second-order valence-corrected chi connectivity index (χ2v) is 5.06. The molecule has 1 saturated carbocycles. The van der Waals surface area contributed by atoms with E-state index in [0.29, 0.717) is 6.04 Å². The van der Waals surface area contributed by atoms with Gasteiger partial charge in [0.1, 0.15) is 6.33 Å². The highest BCUT2D eigenvalue weighted by molar-refractivity contribution is 5.64. The van der Waals surface area contributed by atoms with Crippen LogP contribution in [0.25, 0.3) is 0 Å². The molecule has 1 N–H and O–H groups in total. The van der Waals surface area contributed by atoms with Crippen molar-refractivity contribution in [3.8, 4) is 5.75 Å². The first-order valence-electron chi connectivity index (χ1n) is 7.13. The number of rotatable bonds is 6. The normalized spacial score (nSPS) is 15.5. The highest BCUT2D eigenvalue weighted by Crippen LogP contribution is 2.35. The maximum absolute atomic E-state index is 5.53. The van der Waals surface area contributed by atoms with E-state index in [1.54, 1.807) is 13.4 Å². The Labute approximate surface area is 115 Å². The Morgan fingerprint density at radius 1 is 1.37 bits per heavy atom. The lowest BCUT2D eigenvalue weighted by Crippen LogP contribution is -2.30. The first kappa shape index (κ1) is 13.9. The van der Waals surface area contributed by atoms with Crippen molar-refractivity contribution < 1.29 is 4.74 Å². The number of hydrogen-bond donors (Lipinski definition) is 1. The van der Waals surface area contributed by atoms with Gasteiger partial charge in [-0.1, -0.05) is 19.8 Å². The van der Waals surface area contributed by atoms with Crippen molar-refractivity contribution in [1.82, 2.24) is 9.97 Å². The first-order chi connectivity index (χ1) is 9.27. The van der Waals surface area contributed by atoms with Crippen LogP contribution in [0.1, 0.15) is 39.0 Å². The second-order valence-electron chi connectivity index (χ2n) is 5.06. The van der Waals surface area contributed by atoms with Crippen molar-refractivity contribution in [2.24, 2.45) is 0 Å². The lowest BCUT2D eigenvalue weighted by atomic mass is 10.2. The van der Waals surface area contributed by atoms with Crippen LogP contribution in [0.2, 0.25) is 0 Å². The number of aromatic nitrogens is 2. The topological polar surface area (TPSA) is 50.3 Å². The molecule has 1 aliphatic rings. The molecule has 5 nitrogen and oxygen atoms in total. The predicted octanol–water partition coefficient (Wildman–Crippen LogP) is 2.69. The van der Waals surface area contributed by atoms with E-state index in [0.717, 1.165) is 30.4 Å². The number of methoxy groups -OCH3 is 1. The first-order valence-corrected chi connectivity index (χ1v) is 7.13. The maximum atomic E-state index is 5.53. The van der Waals surface area contributed by atoms with Crippen LogP contribution in [0, 0.1) is 0 Å². The second kappa shape index (κ2) is 6.59. The van der Waals surface area contributed by atoms with Crippen LogP contribution in [-0.2, 0) is 0 Å². The van der Waals surface area contributed by atoms with Gasteiger partial charge in [0.15, 0.2) is 11.6 Å². The minimum atomic E-state index is 0.572. The van der Waals surface area contributed by atoms with Gasteiger partial charge in [0.2, 0.25) is 5.75 Å². The Bertz CT molecular complexity index is 404. The lowest BCUT2D eigenvalue weighted by Gasteiger charge is -2.27. The molecule has 1 heterocycles. The van der Waals surface area contributed by atoms with Crippen LogP contribution in [0.4, 0.5) is 11.6 Å². The van der Waals surface area contributed by atoms with Crippen LogP contribution in [0.3, 0.4) is 0 Å². The SMILES string of the molecule is CCCNc1ncnc(N(C)C2CCCC2)c1OC. The zero-order valence-electron chi connectivity index (χ0n) is 12.1. The van der Waals surface area contributed by atoms with Crippen molar-refractivity contribution in [2.75, 3.05) is 30.9 Å². The Kier molecular flexibility index (Phi) is 4.82. The van der Waals surface area contributed by atoms with E-state index in [1.807, 2.05) is 0 Å². The van der Waals surface area contributed by atoms with Gasteiger partial charge in [-0.2, -0.15) is 0 Å². The molecule has 1 aromatic rings. The number of ether oxygens (including phenoxy) is 1. The van der Waals surface area contributed by atoms with Gasteiger partial charge < -0.3 is 15.0 Å². The average molecular weight is 264 g/mol. The monoisotopic (exact) mass is 264 g/mol. The van der Waals surface area contributed by atoms with Gasteiger partial charge in [0.05, 0.1) is 7.11 Å². The average Bonchev–Trinajstić information content (AvgIpc) is 2.97. The number of hydrogen-bond acceptors (Lipinski definition) is 5. The van der Waals surface area contributed by atoms with Crippen molar-refractivity contribution >= 4 is 11.6 Å². The number of nitrogens with one attached hydrogen (secondary N) is 1. The molecule has 0 spiro atoms. The standard InChI is InChI=1S/C14H24N4O/c1-4-9-15-13-12(19-3)14(17-10-16-13)18(2)11-7-5-6-8-11/h10-11H,4-9H2,1-3H3,(H,15,16,17). The molecule has 2 rings (SSSR count). The summed E-state index contributed by atoms with van der Waals surface area (Å²) in [6.07, 6.45) is 7.76. The molecule has 1 aliphatic carbocycles. The summed E-state index contributed by atoms with van der Waals surface area (Å²) in [6.45, 7) is 3.02. The van der Waals surface area contributed by atoms with Crippen LogP contribution in [0.5, 0.6) is 5.75 Å². The molecule has 0 aliphatic heterocycles. The summed E-state index contributed by atoms with van der Waals surface area (Å²) in [5.74, 6) is 2.44. The quantitative estimate of drug-likeness (QED) is 0.856. The fourth-order valence-corrected chi connectivity index (χ4v) is 2.64. The van der Waals surface area contributed by atoms with Gasteiger partial charge in [-0.05, 0) is 19.3 Å².